The average Bonchev–Trinajstić information content (AvgIpc) is 2.74. The number of aromatic nitrogens is 3. The van der Waals surface area contributed by atoms with E-state index in [0.29, 0.717) is 0 Å². The molecule has 5 nitrogen and oxygen atoms in total. The maximum atomic E-state index is 11.6. The van der Waals surface area contributed by atoms with Gasteiger partial charge in [0.1, 0.15) is 12.2 Å². The van der Waals surface area contributed by atoms with Gasteiger partial charge in [-0.2, -0.15) is 0 Å². The summed E-state index contributed by atoms with van der Waals surface area (Å²) in [6.07, 6.45) is 3.34. The summed E-state index contributed by atoms with van der Waals surface area (Å²) in [5.74, 6) is 1.11. The lowest BCUT2D eigenvalue weighted by Crippen LogP contribution is -2.30. The number of hydrogen-bond acceptors (Lipinski definition) is 3. The molecule has 0 radical (unpaired) electrons. The summed E-state index contributed by atoms with van der Waals surface area (Å²) in [7, 11) is 1.91. The SMILES string of the molecule is Cn1cnnc1CCN1CCC(Br)C1=O. The molecule has 0 spiro atoms. The molecule has 1 aromatic heterocycles. The van der Waals surface area contributed by atoms with E-state index in [9.17, 15) is 4.79 Å². The zero-order valence-electron chi connectivity index (χ0n) is 8.56. The number of carbonyl (C=O) groups is 1. The molecule has 0 bridgehead atoms. The molecule has 1 unspecified atom stereocenters. The van der Waals surface area contributed by atoms with E-state index in [1.807, 2.05) is 16.5 Å². The number of halogens is 1. The Balaban J connectivity index is 1.89. The highest BCUT2D eigenvalue weighted by Gasteiger charge is 2.28. The Bertz CT molecular complexity index is 365. The molecule has 82 valence electrons. The predicted octanol–water partition coefficient (Wildman–Crippen LogP) is 0.353. The van der Waals surface area contributed by atoms with E-state index in [1.54, 1.807) is 6.33 Å². The van der Waals surface area contributed by atoms with Crippen LogP contribution in [-0.4, -0.2) is 43.5 Å². The van der Waals surface area contributed by atoms with Crippen molar-refractivity contribution in [1.82, 2.24) is 19.7 Å². The molecule has 1 atom stereocenters. The highest BCUT2D eigenvalue weighted by Crippen LogP contribution is 2.18. The fourth-order valence-electron chi connectivity index (χ4n) is 1.69. The summed E-state index contributed by atoms with van der Waals surface area (Å²) in [6, 6.07) is 0. The van der Waals surface area contributed by atoms with Crippen LogP contribution >= 0.6 is 15.9 Å². The molecule has 0 N–H and O–H groups in total. The monoisotopic (exact) mass is 272 g/mol. The van der Waals surface area contributed by atoms with Gasteiger partial charge in [0, 0.05) is 26.6 Å². The summed E-state index contributed by atoms with van der Waals surface area (Å²) < 4.78 is 1.88. The third kappa shape index (κ3) is 2.19. The molecule has 0 saturated carbocycles. The van der Waals surface area contributed by atoms with Gasteiger partial charge in [0.25, 0.3) is 0 Å². The van der Waals surface area contributed by atoms with Crippen LogP contribution in [0.25, 0.3) is 0 Å². The molecular formula is C9H13BrN4O. The third-order valence-corrected chi connectivity index (χ3v) is 3.49. The molecule has 2 heterocycles. The van der Waals surface area contributed by atoms with E-state index in [2.05, 4.69) is 26.1 Å². The van der Waals surface area contributed by atoms with Crippen LogP contribution in [0.4, 0.5) is 0 Å². The lowest BCUT2D eigenvalue weighted by Gasteiger charge is -2.14. The van der Waals surface area contributed by atoms with Crippen LogP contribution in [0.1, 0.15) is 12.2 Å². The van der Waals surface area contributed by atoms with Crippen molar-refractivity contribution in [3.8, 4) is 0 Å². The highest BCUT2D eigenvalue weighted by atomic mass is 79.9. The number of likely N-dealkylation sites (tertiary alicyclic amines) is 1. The van der Waals surface area contributed by atoms with Gasteiger partial charge in [0.05, 0.1) is 4.83 Å². The predicted molar refractivity (Wildman–Crippen MR) is 58.6 cm³/mol. The molecule has 1 amide bonds. The molecular weight excluding hydrogens is 260 g/mol. The standard InChI is InChI=1S/C9H13BrN4O/c1-13-6-11-12-8(13)3-5-14-4-2-7(10)9(14)15/h6-7H,2-5H2,1H3. The van der Waals surface area contributed by atoms with E-state index < -0.39 is 0 Å². The summed E-state index contributed by atoms with van der Waals surface area (Å²) in [5, 5.41) is 7.79. The summed E-state index contributed by atoms with van der Waals surface area (Å²) in [5.41, 5.74) is 0. The number of alkyl halides is 1. The van der Waals surface area contributed by atoms with Gasteiger partial charge in [0.2, 0.25) is 5.91 Å². The number of amides is 1. The van der Waals surface area contributed by atoms with Crippen molar-refractivity contribution in [2.45, 2.75) is 17.7 Å². The largest absolute Gasteiger partial charge is 0.341 e. The first-order valence-corrected chi connectivity index (χ1v) is 5.86. The molecule has 1 fully saturated rings. The second kappa shape index (κ2) is 4.30. The lowest BCUT2D eigenvalue weighted by atomic mass is 10.3. The molecule has 0 aromatic carbocycles. The summed E-state index contributed by atoms with van der Waals surface area (Å²) >= 11 is 3.35. The van der Waals surface area contributed by atoms with Crippen LogP contribution < -0.4 is 0 Å². The van der Waals surface area contributed by atoms with Gasteiger partial charge in [0.15, 0.2) is 0 Å². The normalized spacial score (nSPS) is 21.3. The van der Waals surface area contributed by atoms with Crippen molar-refractivity contribution in [2.24, 2.45) is 7.05 Å². The van der Waals surface area contributed by atoms with Crippen LogP contribution in [0, 0.1) is 0 Å². The van der Waals surface area contributed by atoms with Crippen molar-refractivity contribution in [1.29, 1.82) is 0 Å². The van der Waals surface area contributed by atoms with Crippen LogP contribution in [0.3, 0.4) is 0 Å². The molecule has 1 saturated heterocycles. The molecule has 1 aromatic rings. The number of aryl methyl sites for hydroxylation is 1. The van der Waals surface area contributed by atoms with Crippen LogP contribution in [0.15, 0.2) is 6.33 Å². The topological polar surface area (TPSA) is 51.0 Å². The molecule has 2 rings (SSSR count). The minimum absolute atomic E-state index is 0.0111. The van der Waals surface area contributed by atoms with E-state index in [-0.39, 0.29) is 10.7 Å². The quantitative estimate of drug-likeness (QED) is 0.747. The molecule has 1 aliphatic rings. The first kappa shape index (κ1) is 10.6. The van der Waals surface area contributed by atoms with Crippen molar-refractivity contribution >= 4 is 21.8 Å². The van der Waals surface area contributed by atoms with Gasteiger partial charge >= 0.3 is 0 Å². The highest BCUT2D eigenvalue weighted by molar-refractivity contribution is 9.10. The maximum Gasteiger partial charge on any atom is 0.236 e. The van der Waals surface area contributed by atoms with Gasteiger partial charge in [-0.3, -0.25) is 4.79 Å². The second-order valence-electron chi connectivity index (χ2n) is 3.69. The fraction of sp³-hybridized carbons (Fsp3) is 0.667. The Morgan fingerprint density at radius 2 is 2.47 bits per heavy atom. The van der Waals surface area contributed by atoms with Crippen molar-refractivity contribution in [3.05, 3.63) is 12.2 Å². The summed E-state index contributed by atoms with van der Waals surface area (Å²) in [6.45, 7) is 1.57. The van der Waals surface area contributed by atoms with Gasteiger partial charge in [-0.15, -0.1) is 10.2 Å². The number of carbonyl (C=O) groups excluding carboxylic acids is 1. The lowest BCUT2D eigenvalue weighted by molar-refractivity contribution is -0.127. The molecule has 6 heteroatoms. The Hall–Kier alpha value is -0.910. The third-order valence-electron chi connectivity index (χ3n) is 2.64. The summed E-state index contributed by atoms with van der Waals surface area (Å²) in [4.78, 5) is 13.5. The van der Waals surface area contributed by atoms with E-state index in [0.717, 1.165) is 31.8 Å². The first-order chi connectivity index (χ1) is 7.18. The number of nitrogens with zero attached hydrogens (tertiary/aromatic N) is 4. The van der Waals surface area contributed by atoms with E-state index in [4.69, 9.17) is 0 Å². The van der Waals surface area contributed by atoms with Crippen molar-refractivity contribution in [3.63, 3.8) is 0 Å². The van der Waals surface area contributed by atoms with E-state index >= 15 is 0 Å². The van der Waals surface area contributed by atoms with E-state index in [1.165, 1.54) is 0 Å². The Morgan fingerprint density at radius 3 is 3.00 bits per heavy atom. The van der Waals surface area contributed by atoms with Crippen molar-refractivity contribution < 1.29 is 4.79 Å². The Labute approximate surface area is 96.6 Å². The van der Waals surface area contributed by atoms with Crippen LogP contribution in [0.2, 0.25) is 0 Å². The molecule has 1 aliphatic heterocycles. The molecule has 0 aliphatic carbocycles. The Kier molecular flexibility index (Phi) is 3.04. The zero-order valence-corrected chi connectivity index (χ0v) is 10.1. The van der Waals surface area contributed by atoms with Gasteiger partial charge in [-0.25, -0.2) is 0 Å². The fourth-order valence-corrected chi connectivity index (χ4v) is 2.19. The molecule has 15 heavy (non-hydrogen) atoms. The number of rotatable bonds is 3. The minimum atomic E-state index is 0.0111. The zero-order chi connectivity index (χ0) is 10.8. The second-order valence-corrected chi connectivity index (χ2v) is 4.79. The van der Waals surface area contributed by atoms with Gasteiger partial charge < -0.3 is 9.47 Å². The van der Waals surface area contributed by atoms with Gasteiger partial charge in [-0.1, -0.05) is 15.9 Å². The van der Waals surface area contributed by atoms with Gasteiger partial charge in [-0.05, 0) is 6.42 Å². The Morgan fingerprint density at radius 1 is 1.67 bits per heavy atom. The smallest absolute Gasteiger partial charge is 0.236 e. The maximum absolute atomic E-state index is 11.6. The first-order valence-electron chi connectivity index (χ1n) is 4.94. The minimum Gasteiger partial charge on any atom is -0.341 e. The van der Waals surface area contributed by atoms with Crippen molar-refractivity contribution in [2.75, 3.05) is 13.1 Å². The average molecular weight is 273 g/mol. The number of hydrogen-bond donors (Lipinski definition) is 0. The van der Waals surface area contributed by atoms with Crippen LogP contribution in [0.5, 0.6) is 0 Å². The van der Waals surface area contributed by atoms with Crippen LogP contribution in [-0.2, 0) is 18.3 Å².